The molecule has 2 aliphatic rings. The topological polar surface area (TPSA) is 71.4 Å². The predicted octanol–water partition coefficient (Wildman–Crippen LogP) is 3.80. The van der Waals surface area contributed by atoms with Crippen molar-refractivity contribution in [2.75, 3.05) is 6.54 Å². The number of rotatable bonds is 5. The third kappa shape index (κ3) is 3.61. The number of nitrogens with two attached hydrogens (primary N) is 1. The number of nitrogens with one attached hydrogen (secondary N) is 1. The van der Waals surface area contributed by atoms with E-state index in [1.165, 1.54) is 37.7 Å². The van der Waals surface area contributed by atoms with Crippen LogP contribution in [0.4, 0.5) is 0 Å². The molecule has 2 fully saturated rings. The summed E-state index contributed by atoms with van der Waals surface area (Å²) < 4.78 is 0. The predicted molar refractivity (Wildman–Crippen MR) is 103 cm³/mol. The van der Waals surface area contributed by atoms with Gasteiger partial charge >= 0.3 is 0 Å². The van der Waals surface area contributed by atoms with Crippen molar-refractivity contribution < 1.29 is 9.63 Å². The number of hydrogen-bond acceptors (Lipinski definition) is 3. The molecule has 140 valence electrons. The fourth-order valence-electron chi connectivity index (χ4n) is 4.47. The van der Waals surface area contributed by atoms with Crippen molar-refractivity contribution in [1.29, 1.82) is 0 Å². The molecule has 0 bridgehead atoms. The summed E-state index contributed by atoms with van der Waals surface area (Å²) in [5.74, 6) is 0.271. The number of aromatic amines is 1. The van der Waals surface area contributed by atoms with E-state index in [-0.39, 0.29) is 18.1 Å². The molecule has 2 atom stereocenters. The number of benzene rings is 1. The van der Waals surface area contributed by atoms with Gasteiger partial charge < -0.3 is 10.7 Å². The monoisotopic (exact) mass is 375 g/mol. The van der Waals surface area contributed by atoms with Gasteiger partial charge in [-0.15, -0.1) is 0 Å². The zero-order valence-corrected chi connectivity index (χ0v) is 15.7. The number of amides is 1. The van der Waals surface area contributed by atoms with E-state index in [9.17, 15) is 4.79 Å². The van der Waals surface area contributed by atoms with Gasteiger partial charge in [-0.05, 0) is 48.9 Å². The van der Waals surface area contributed by atoms with Gasteiger partial charge in [0.2, 0.25) is 5.91 Å². The zero-order chi connectivity index (χ0) is 18.1. The molecule has 1 amide bonds. The van der Waals surface area contributed by atoms with Crippen molar-refractivity contribution in [3.05, 3.63) is 35.0 Å². The summed E-state index contributed by atoms with van der Waals surface area (Å²) in [6.45, 7) is 0.649. The highest BCUT2D eigenvalue weighted by Crippen LogP contribution is 2.35. The average molecular weight is 376 g/mol. The van der Waals surface area contributed by atoms with Crippen molar-refractivity contribution in [1.82, 2.24) is 10.0 Å². The van der Waals surface area contributed by atoms with Crippen molar-refractivity contribution in [3.63, 3.8) is 0 Å². The number of fused-ring (bicyclic) bond motifs is 1. The molecule has 1 aromatic carbocycles. The first-order valence-electron chi connectivity index (χ1n) is 9.60. The van der Waals surface area contributed by atoms with Crippen LogP contribution in [0.1, 0.15) is 44.1 Å². The van der Waals surface area contributed by atoms with Gasteiger partial charge in [0.25, 0.3) is 0 Å². The number of halogens is 1. The fraction of sp³-hybridized carbons (Fsp3) is 0.550. The lowest BCUT2D eigenvalue weighted by molar-refractivity contribution is -0.179. The molecule has 0 spiro atoms. The summed E-state index contributed by atoms with van der Waals surface area (Å²) in [7, 11) is 0. The van der Waals surface area contributed by atoms with E-state index in [1.807, 2.05) is 29.5 Å². The summed E-state index contributed by atoms with van der Waals surface area (Å²) in [5, 5.41) is 3.67. The van der Waals surface area contributed by atoms with E-state index in [2.05, 4.69) is 4.98 Å². The minimum Gasteiger partial charge on any atom is -0.368 e. The Labute approximate surface area is 158 Å². The van der Waals surface area contributed by atoms with Gasteiger partial charge in [-0.25, -0.2) is 0 Å². The number of carbonyl (C=O) groups excluding carboxylic acids is 1. The SMILES string of the molecule is NC(=O)C1CC(C2CCCCC2)ON1CCc1c[nH]c2ccc(Cl)cc12. The maximum absolute atomic E-state index is 11.9. The number of carbonyl (C=O) groups is 1. The molecular formula is C20H26ClN3O2. The Balaban J connectivity index is 1.45. The molecule has 2 heterocycles. The van der Waals surface area contributed by atoms with Crippen molar-refractivity contribution in [2.24, 2.45) is 11.7 Å². The Bertz CT molecular complexity index is 784. The molecule has 4 rings (SSSR count). The quantitative estimate of drug-likeness (QED) is 0.834. The average Bonchev–Trinajstić information content (AvgIpc) is 3.24. The van der Waals surface area contributed by atoms with Crippen LogP contribution in [0.5, 0.6) is 0 Å². The van der Waals surface area contributed by atoms with Crippen molar-refractivity contribution in [2.45, 2.75) is 57.1 Å². The molecule has 2 aromatic rings. The van der Waals surface area contributed by atoms with Crippen LogP contribution in [0.3, 0.4) is 0 Å². The highest BCUT2D eigenvalue weighted by Gasteiger charge is 2.40. The molecule has 1 saturated carbocycles. The molecule has 0 radical (unpaired) electrons. The number of hydroxylamine groups is 2. The highest BCUT2D eigenvalue weighted by atomic mass is 35.5. The third-order valence-electron chi connectivity index (χ3n) is 5.91. The van der Waals surface area contributed by atoms with E-state index in [0.29, 0.717) is 12.5 Å². The van der Waals surface area contributed by atoms with Gasteiger partial charge in [0.1, 0.15) is 6.04 Å². The van der Waals surface area contributed by atoms with Crippen molar-refractivity contribution in [3.8, 4) is 0 Å². The second-order valence-corrected chi connectivity index (χ2v) is 8.03. The lowest BCUT2D eigenvalue weighted by atomic mass is 9.83. The molecule has 1 saturated heterocycles. The maximum atomic E-state index is 11.9. The summed E-state index contributed by atoms with van der Waals surface area (Å²) in [4.78, 5) is 21.4. The number of H-pyrrole nitrogens is 1. The first-order chi connectivity index (χ1) is 12.6. The second kappa shape index (κ2) is 7.59. The number of hydrogen-bond donors (Lipinski definition) is 2. The molecule has 1 aliphatic heterocycles. The lowest BCUT2D eigenvalue weighted by Gasteiger charge is -2.27. The molecule has 5 nitrogen and oxygen atoms in total. The van der Waals surface area contributed by atoms with Gasteiger partial charge in [0.05, 0.1) is 6.10 Å². The summed E-state index contributed by atoms with van der Waals surface area (Å²) in [6, 6.07) is 5.52. The molecular weight excluding hydrogens is 350 g/mol. The minimum absolute atomic E-state index is 0.130. The van der Waals surface area contributed by atoms with Crippen LogP contribution < -0.4 is 5.73 Å². The van der Waals surface area contributed by atoms with Crippen LogP contribution >= 0.6 is 11.6 Å². The molecule has 1 aliphatic carbocycles. The Hall–Kier alpha value is -1.56. The first kappa shape index (κ1) is 17.8. The van der Waals surface area contributed by atoms with Crippen LogP contribution in [0.15, 0.2) is 24.4 Å². The molecule has 3 N–H and O–H groups in total. The summed E-state index contributed by atoms with van der Waals surface area (Å²) >= 11 is 6.13. The number of nitrogens with zero attached hydrogens (tertiary/aromatic N) is 1. The summed E-state index contributed by atoms with van der Waals surface area (Å²) in [6.07, 6.45) is 9.88. The minimum atomic E-state index is -0.323. The van der Waals surface area contributed by atoms with Gasteiger partial charge in [-0.2, -0.15) is 5.06 Å². The second-order valence-electron chi connectivity index (χ2n) is 7.59. The number of aromatic nitrogens is 1. The van der Waals surface area contributed by atoms with Crippen LogP contribution in [-0.4, -0.2) is 34.6 Å². The number of primary amides is 1. The fourth-order valence-corrected chi connectivity index (χ4v) is 4.64. The Morgan fingerprint density at radius 2 is 2.12 bits per heavy atom. The maximum Gasteiger partial charge on any atom is 0.237 e. The zero-order valence-electron chi connectivity index (χ0n) is 14.9. The highest BCUT2D eigenvalue weighted by molar-refractivity contribution is 6.31. The van der Waals surface area contributed by atoms with Gasteiger partial charge in [-0.1, -0.05) is 30.9 Å². The molecule has 6 heteroatoms. The van der Waals surface area contributed by atoms with Gasteiger partial charge in [0, 0.05) is 35.1 Å². The largest absolute Gasteiger partial charge is 0.368 e. The molecule has 26 heavy (non-hydrogen) atoms. The van der Waals surface area contributed by atoms with Gasteiger partial charge in [0.15, 0.2) is 0 Å². The first-order valence-corrected chi connectivity index (χ1v) is 9.98. The van der Waals surface area contributed by atoms with Crippen LogP contribution in [-0.2, 0) is 16.1 Å². The molecule has 1 aromatic heterocycles. The van der Waals surface area contributed by atoms with Crippen molar-refractivity contribution >= 4 is 28.4 Å². The van der Waals surface area contributed by atoms with E-state index < -0.39 is 0 Å². The summed E-state index contributed by atoms with van der Waals surface area (Å²) in [5.41, 5.74) is 7.90. The van der Waals surface area contributed by atoms with Gasteiger partial charge in [-0.3, -0.25) is 9.63 Å². The third-order valence-corrected chi connectivity index (χ3v) is 6.14. The molecule has 2 unspecified atom stereocenters. The van der Waals surface area contributed by atoms with E-state index >= 15 is 0 Å². The normalized spacial score (nSPS) is 25.1. The smallest absolute Gasteiger partial charge is 0.237 e. The Morgan fingerprint density at radius 1 is 1.31 bits per heavy atom. The van der Waals surface area contributed by atoms with E-state index in [1.54, 1.807) is 0 Å². The Kier molecular flexibility index (Phi) is 5.20. The standard InChI is InChI=1S/C20H26ClN3O2/c21-15-6-7-17-16(10-15)14(12-23-17)8-9-24-18(20(22)25)11-19(26-24)13-4-2-1-3-5-13/h6-7,10,12-13,18-19,23H,1-5,8-9,11H2,(H2,22,25). The lowest BCUT2D eigenvalue weighted by Crippen LogP contribution is -2.40. The van der Waals surface area contributed by atoms with Crippen LogP contribution in [0, 0.1) is 5.92 Å². The van der Waals surface area contributed by atoms with Crippen LogP contribution in [0.25, 0.3) is 10.9 Å². The van der Waals surface area contributed by atoms with E-state index in [0.717, 1.165) is 28.8 Å². The Morgan fingerprint density at radius 3 is 2.88 bits per heavy atom. The van der Waals surface area contributed by atoms with Crippen LogP contribution in [0.2, 0.25) is 5.02 Å². The van der Waals surface area contributed by atoms with E-state index in [4.69, 9.17) is 22.2 Å².